The second-order valence-corrected chi connectivity index (χ2v) is 4.73. The van der Waals surface area contributed by atoms with Crippen LogP contribution in [0.2, 0.25) is 0 Å². The fraction of sp³-hybridized carbons (Fsp3) is 0.0769. The van der Waals surface area contributed by atoms with Crippen LogP contribution in [0.25, 0.3) is 0 Å². The number of carbonyl (C=O) groups is 1. The molecule has 1 aromatic carbocycles. The topological polar surface area (TPSA) is 88.2 Å². The highest BCUT2D eigenvalue weighted by Crippen LogP contribution is 2.22. The third-order valence-corrected chi connectivity index (χ3v) is 3.40. The molecule has 0 atom stereocenters. The molecule has 5 nitrogen and oxygen atoms in total. The Morgan fingerprint density at radius 1 is 1.37 bits per heavy atom. The summed E-state index contributed by atoms with van der Waals surface area (Å²) in [7, 11) is 0. The van der Waals surface area contributed by atoms with Crippen molar-refractivity contribution in [2.24, 2.45) is 0 Å². The van der Waals surface area contributed by atoms with Gasteiger partial charge in [-0.25, -0.2) is 9.78 Å². The number of nitrogens with one attached hydrogen (secondary N) is 1. The summed E-state index contributed by atoms with van der Waals surface area (Å²) in [5.74, 6) is -0.695. The molecular formula is C13H12BrN3O2. The molecule has 0 saturated heterocycles. The summed E-state index contributed by atoms with van der Waals surface area (Å²) in [6, 6.07) is 9.11. The highest BCUT2D eigenvalue weighted by molar-refractivity contribution is 9.10. The number of carboxylic acid groups (broad SMARTS) is 1. The zero-order valence-electron chi connectivity index (χ0n) is 9.93. The van der Waals surface area contributed by atoms with Crippen molar-refractivity contribution in [3.63, 3.8) is 0 Å². The van der Waals surface area contributed by atoms with Gasteiger partial charge in [-0.05, 0) is 17.7 Å². The van der Waals surface area contributed by atoms with Gasteiger partial charge in [0, 0.05) is 17.2 Å². The molecule has 6 heteroatoms. The molecule has 0 spiro atoms. The number of halogens is 1. The number of aromatic carboxylic acids is 1. The number of nitrogens with zero attached hydrogens (tertiary/aromatic N) is 1. The van der Waals surface area contributed by atoms with Gasteiger partial charge in [0.2, 0.25) is 0 Å². The number of pyridine rings is 1. The lowest BCUT2D eigenvalue weighted by Gasteiger charge is -2.10. The number of nitrogen functional groups attached to an aromatic ring is 1. The van der Waals surface area contributed by atoms with E-state index >= 15 is 0 Å². The maximum atomic E-state index is 11.0. The summed E-state index contributed by atoms with van der Waals surface area (Å²) in [5.41, 5.74) is 6.99. The minimum absolute atomic E-state index is 0.0460. The fourth-order valence-electron chi connectivity index (χ4n) is 1.62. The van der Waals surface area contributed by atoms with E-state index in [4.69, 9.17) is 10.8 Å². The first-order valence-corrected chi connectivity index (χ1v) is 6.34. The van der Waals surface area contributed by atoms with Crippen LogP contribution in [0.5, 0.6) is 0 Å². The molecule has 0 aliphatic rings. The minimum Gasteiger partial charge on any atom is -0.478 e. The molecule has 2 rings (SSSR count). The number of hydrogen-bond acceptors (Lipinski definition) is 4. The number of hydrogen-bond donors (Lipinski definition) is 3. The van der Waals surface area contributed by atoms with Crippen LogP contribution in [0.4, 0.5) is 11.5 Å². The van der Waals surface area contributed by atoms with Crippen LogP contribution in [-0.4, -0.2) is 16.1 Å². The maximum absolute atomic E-state index is 11.0. The van der Waals surface area contributed by atoms with E-state index in [1.807, 2.05) is 24.3 Å². The van der Waals surface area contributed by atoms with Gasteiger partial charge in [0.25, 0.3) is 0 Å². The molecule has 98 valence electrons. The molecule has 0 bridgehead atoms. The van der Waals surface area contributed by atoms with E-state index in [0.717, 1.165) is 10.0 Å². The van der Waals surface area contributed by atoms with Crippen LogP contribution in [0.1, 0.15) is 15.9 Å². The van der Waals surface area contributed by atoms with Crippen molar-refractivity contribution >= 4 is 33.4 Å². The molecular weight excluding hydrogens is 310 g/mol. The SMILES string of the molecule is Nc1c(C(=O)O)ccnc1NCc1ccccc1Br. The number of carboxylic acids is 1. The maximum Gasteiger partial charge on any atom is 0.337 e. The Morgan fingerprint density at radius 3 is 2.79 bits per heavy atom. The number of aromatic nitrogens is 1. The molecule has 0 radical (unpaired) electrons. The first kappa shape index (κ1) is 13.4. The Balaban J connectivity index is 2.19. The summed E-state index contributed by atoms with van der Waals surface area (Å²) in [4.78, 5) is 15.0. The molecule has 1 heterocycles. The van der Waals surface area contributed by atoms with Gasteiger partial charge in [0.1, 0.15) is 5.82 Å². The van der Waals surface area contributed by atoms with E-state index in [2.05, 4.69) is 26.2 Å². The average molecular weight is 322 g/mol. The number of anilines is 2. The third kappa shape index (κ3) is 3.03. The summed E-state index contributed by atoms with van der Waals surface area (Å²) < 4.78 is 0.968. The highest BCUT2D eigenvalue weighted by atomic mass is 79.9. The first-order valence-electron chi connectivity index (χ1n) is 5.54. The van der Waals surface area contributed by atoms with Crippen molar-refractivity contribution in [2.75, 3.05) is 11.1 Å². The van der Waals surface area contributed by atoms with E-state index in [1.54, 1.807) is 0 Å². The van der Waals surface area contributed by atoms with Crippen molar-refractivity contribution in [1.29, 1.82) is 0 Å². The summed E-state index contributed by atoms with van der Waals surface area (Å²) in [5, 5.41) is 12.0. The second-order valence-electron chi connectivity index (χ2n) is 3.87. The molecule has 0 aliphatic heterocycles. The first-order chi connectivity index (χ1) is 9.09. The zero-order valence-corrected chi connectivity index (χ0v) is 11.5. The Hall–Kier alpha value is -2.08. The van der Waals surface area contributed by atoms with Gasteiger partial charge in [-0.1, -0.05) is 34.1 Å². The van der Waals surface area contributed by atoms with Gasteiger partial charge in [-0.15, -0.1) is 0 Å². The van der Waals surface area contributed by atoms with E-state index < -0.39 is 5.97 Å². The quantitative estimate of drug-likeness (QED) is 0.805. The molecule has 0 saturated carbocycles. The van der Waals surface area contributed by atoms with Crippen LogP contribution in [0, 0.1) is 0 Å². The lowest BCUT2D eigenvalue weighted by atomic mass is 10.2. The van der Waals surface area contributed by atoms with Gasteiger partial charge >= 0.3 is 5.97 Å². The minimum atomic E-state index is -1.07. The molecule has 1 aromatic heterocycles. The predicted molar refractivity (Wildman–Crippen MR) is 77.1 cm³/mol. The Kier molecular flexibility index (Phi) is 4.01. The van der Waals surface area contributed by atoms with Gasteiger partial charge in [0.05, 0.1) is 11.3 Å². The average Bonchev–Trinajstić information content (AvgIpc) is 2.39. The fourth-order valence-corrected chi connectivity index (χ4v) is 2.05. The van der Waals surface area contributed by atoms with Gasteiger partial charge in [-0.3, -0.25) is 0 Å². The van der Waals surface area contributed by atoms with Gasteiger partial charge in [0.15, 0.2) is 0 Å². The lowest BCUT2D eigenvalue weighted by molar-refractivity contribution is 0.0698. The van der Waals surface area contributed by atoms with E-state index in [-0.39, 0.29) is 11.3 Å². The predicted octanol–water partition coefficient (Wildman–Crippen LogP) is 2.74. The van der Waals surface area contributed by atoms with Crippen molar-refractivity contribution in [2.45, 2.75) is 6.54 Å². The normalized spacial score (nSPS) is 10.2. The smallest absolute Gasteiger partial charge is 0.337 e. The number of benzene rings is 1. The number of nitrogens with two attached hydrogens (primary N) is 1. The second kappa shape index (κ2) is 5.71. The molecule has 2 aromatic rings. The molecule has 0 fully saturated rings. The largest absolute Gasteiger partial charge is 0.478 e. The standard InChI is InChI=1S/C13H12BrN3O2/c14-10-4-2-1-3-8(10)7-17-12-11(15)9(13(18)19)5-6-16-12/h1-6H,7,15H2,(H,16,17)(H,18,19). The van der Waals surface area contributed by atoms with Crippen molar-refractivity contribution in [1.82, 2.24) is 4.98 Å². The highest BCUT2D eigenvalue weighted by Gasteiger charge is 2.12. The molecule has 19 heavy (non-hydrogen) atoms. The molecule has 4 N–H and O–H groups in total. The Labute approximate surface area is 118 Å². The zero-order chi connectivity index (χ0) is 13.8. The van der Waals surface area contributed by atoms with E-state index in [1.165, 1.54) is 12.3 Å². The van der Waals surface area contributed by atoms with Crippen LogP contribution in [0.15, 0.2) is 41.0 Å². The molecule has 0 unspecified atom stereocenters. The molecule has 0 amide bonds. The van der Waals surface area contributed by atoms with Crippen LogP contribution < -0.4 is 11.1 Å². The van der Waals surface area contributed by atoms with E-state index in [0.29, 0.717) is 12.4 Å². The summed E-state index contributed by atoms with van der Waals surface area (Å²) in [6.45, 7) is 0.502. The molecule has 0 aliphatic carbocycles. The third-order valence-electron chi connectivity index (χ3n) is 2.62. The van der Waals surface area contributed by atoms with Crippen molar-refractivity contribution in [3.05, 3.63) is 52.1 Å². The lowest BCUT2D eigenvalue weighted by Crippen LogP contribution is -2.09. The van der Waals surface area contributed by atoms with Crippen LogP contribution >= 0.6 is 15.9 Å². The Morgan fingerprint density at radius 2 is 2.11 bits per heavy atom. The summed E-state index contributed by atoms with van der Waals surface area (Å²) in [6.07, 6.45) is 1.42. The van der Waals surface area contributed by atoms with Crippen molar-refractivity contribution < 1.29 is 9.90 Å². The van der Waals surface area contributed by atoms with Crippen LogP contribution in [-0.2, 0) is 6.54 Å². The summed E-state index contributed by atoms with van der Waals surface area (Å²) >= 11 is 3.44. The number of rotatable bonds is 4. The van der Waals surface area contributed by atoms with Gasteiger partial charge < -0.3 is 16.2 Å². The van der Waals surface area contributed by atoms with E-state index in [9.17, 15) is 4.79 Å². The van der Waals surface area contributed by atoms with Crippen LogP contribution in [0.3, 0.4) is 0 Å². The van der Waals surface area contributed by atoms with Crippen molar-refractivity contribution in [3.8, 4) is 0 Å². The Bertz CT molecular complexity index is 617. The monoisotopic (exact) mass is 321 g/mol. The van der Waals surface area contributed by atoms with Gasteiger partial charge in [-0.2, -0.15) is 0 Å².